The predicted molar refractivity (Wildman–Crippen MR) is 85.3 cm³/mol. The molecule has 0 radical (unpaired) electrons. The van der Waals surface area contributed by atoms with Crippen LogP contribution in [0.2, 0.25) is 0 Å². The first-order valence-corrected chi connectivity index (χ1v) is 7.96. The molecule has 2 aromatic rings. The van der Waals surface area contributed by atoms with Crippen molar-refractivity contribution >= 4 is 16.6 Å². The molecule has 4 nitrogen and oxygen atoms in total. The summed E-state index contributed by atoms with van der Waals surface area (Å²) < 4.78 is 0. The Morgan fingerprint density at radius 2 is 1.90 bits per heavy atom. The van der Waals surface area contributed by atoms with Crippen LogP contribution in [-0.2, 0) is 0 Å². The van der Waals surface area contributed by atoms with Crippen molar-refractivity contribution in [1.29, 1.82) is 0 Å². The van der Waals surface area contributed by atoms with Crippen molar-refractivity contribution in [3.63, 3.8) is 0 Å². The first kappa shape index (κ1) is 13.0. The Kier molecular flexibility index (Phi) is 3.07. The van der Waals surface area contributed by atoms with E-state index in [4.69, 9.17) is 5.73 Å². The average Bonchev–Trinajstić information content (AvgIpc) is 2.93. The summed E-state index contributed by atoms with van der Waals surface area (Å²) in [6.07, 6.45) is 3.76. The van der Waals surface area contributed by atoms with Crippen LogP contribution in [0.15, 0.2) is 24.3 Å². The summed E-state index contributed by atoms with van der Waals surface area (Å²) in [5, 5.41) is 11.3. The molecule has 0 spiro atoms. The lowest BCUT2D eigenvalue weighted by atomic mass is 9.78. The minimum absolute atomic E-state index is 0.360. The molecular weight excluding hydrogens is 260 g/mol. The van der Waals surface area contributed by atoms with Crippen LogP contribution in [0.3, 0.4) is 0 Å². The maximum atomic E-state index is 6.33. The molecule has 1 aliphatic carbocycles. The average molecular weight is 282 g/mol. The first-order chi connectivity index (χ1) is 10.2. The summed E-state index contributed by atoms with van der Waals surface area (Å²) in [7, 11) is 0. The number of hydrogen-bond donors (Lipinski definition) is 1. The number of aromatic nitrogens is 2. The molecule has 0 amide bonds. The van der Waals surface area contributed by atoms with Gasteiger partial charge in [0.2, 0.25) is 0 Å². The third-order valence-electron chi connectivity index (χ3n) is 5.31. The van der Waals surface area contributed by atoms with Gasteiger partial charge in [0.15, 0.2) is 5.82 Å². The van der Waals surface area contributed by atoms with Crippen molar-refractivity contribution in [1.82, 2.24) is 10.2 Å². The quantitative estimate of drug-likeness (QED) is 0.873. The number of fused-ring (bicyclic) bond motifs is 2. The van der Waals surface area contributed by atoms with Gasteiger partial charge in [-0.2, -0.15) is 5.10 Å². The maximum Gasteiger partial charge on any atom is 0.159 e. The van der Waals surface area contributed by atoms with Crippen molar-refractivity contribution in [3.05, 3.63) is 30.0 Å². The van der Waals surface area contributed by atoms with Crippen LogP contribution in [0, 0.1) is 18.8 Å². The second-order valence-electron chi connectivity index (χ2n) is 6.58. The van der Waals surface area contributed by atoms with Crippen LogP contribution >= 0.6 is 0 Å². The largest absolute Gasteiger partial charge is 0.354 e. The lowest BCUT2D eigenvalue weighted by Gasteiger charge is -2.29. The SMILES string of the molecule is Cc1nnc(N2CC3CCCC(N)C3C2)c2ccccc12. The van der Waals surface area contributed by atoms with Gasteiger partial charge >= 0.3 is 0 Å². The summed E-state index contributed by atoms with van der Waals surface area (Å²) in [6.45, 7) is 4.15. The predicted octanol–water partition coefficient (Wildman–Crippen LogP) is 2.50. The highest BCUT2D eigenvalue weighted by Crippen LogP contribution is 2.38. The molecule has 2 fully saturated rings. The van der Waals surface area contributed by atoms with Crippen LogP contribution in [0.5, 0.6) is 0 Å². The Labute approximate surface area is 125 Å². The van der Waals surface area contributed by atoms with Gasteiger partial charge < -0.3 is 10.6 Å². The number of nitrogens with two attached hydrogens (primary N) is 1. The van der Waals surface area contributed by atoms with Crippen molar-refractivity contribution in [3.8, 4) is 0 Å². The molecule has 1 aromatic carbocycles. The fourth-order valence-electron chi connectivity index (χ4n) is 4.15. The Hall–Kier alpha value is -1.68. The Bertz CT molecular complexity index is 669. The van der Waals surface area contributed by atoms with Gasteiger partial charge in [-0.3, -0.25) is 0 Å². The highest BCUT2D eigenvalue weighted by molar-refractivity contribution is 5.93. The number of benzene rings is 1. The summed E-state index contributed by atoms with van der Waals surface area (Å²) >= 11 is 0. The van der Waals surface area contributed by atoms with E-state index >= 15 is 0 Å². The van der Waals surface area contributed by atoms with Crippen LogP contribution in [0.1, 0.15) is 25.0 Å². The molecule has 1 saturated heterocycles. The summed E-state index contributed by atoms with van der Waals surface area (Å²) in [5.41, 5.74) is 7.34. The Balaban J connectivity index is 1.73. The molecule has 2 aliphatic rings. The number of aryl methyl sites for hydroxylation is 1. The molecule has 110 valence electrons. The fraction of sp³-hybridized carbons (Fsp3) is 0.529. The number of rotatable bonds is 1. The van der Waals surface area contributed by atoms with E-state index in [1.807, 2.05) is 6.92 Å². The van der Waals surface area contributed by atoms with Crippen LogP contribution < -0.4 is 10.6 Å². The summed E-state index contributed by atoms with van der Waals surface area (Å²) in [6, 6.07) is 8.81. The van der Waals surface area contributed by atoms with E-state index in [1.54, 1.807) is 0 Å². The maximum absolute atomic E-state index is 6.33. The van der Waals surface area contributed by atoms with E-state index in [0.717, 1.165) is 30.5 Å². The van der Waals surface area contributed by atoms with Crippen LogP contribution in [0.25, 0.3) is 10.8 Å². The number of hydrogen-bond acceptors (Lipinski definition) is 4. The molecular formula is C17H22N4. The second-order valence-corrected chi connectivity index (χ2v) is 6.58. The topological polar surface area (TPSA) is 55.0 Å². The summed E-state index contributed by atoms with van der Waals surface area (Å²) in [5.74, 6) is 2.40. The van der Waals surface area contributed by atoms with E-state index in [0.29, 0.717) is 12.0 Å². The number of anilines is 1. The van der Waals surface area contributed by atoms with Crippen molar-refractivity contribution in [2.45, 2.75) is 32.2 Å². The van der Waals surface area contributed by atoms with E-state index in [1.165, 1.54) is 30.0 Å². The molecule has 1 saturated carbocycles. The molecule has 4 rings (SSSR count). The molecule has 4 heteroatoms. The molecule has 1 aromatic heterocycles. The first-order valence-electron chi connectivity index (χ1n) is 7.96. The molecule has 3 atom stereocenters. The zero-order valence-corrected chi connectivity index (χ0v) is 12.5. The zero-order valence-electron chi connectivity index (χ0n) is 12.5. The lowest BCUT2D eigenvalue weighted by molar-refractivity contribution is 0.260. The minimum atomic E-state index is 0.360. The molecule has 21 heavy (non-hydrogen) atoms. The summed E-state index contributed by atoms with van der Waals surface area (Å²) in [4.78, 5) is 2.41. The van der Waals surface area contributed by atoms with Gasteiger partial charge in [0, 0.05) is 29.9 Å². The van der Waals surface area contributed by atoms with E-state index < -0.39 is 0 Å². The zero-order chi connectivity index (χ0) is 14.4. The molecule has 0 bridgehead atoms. The Morgan fingerprint density at radius 1 is 1.10 bits per heavy atom. The normalized spacial score (nSPS) is 28.9. The monoisotopic (exact) mass is 282 g/mol. The molecule has 1 aliphatic heterocycles. The molecule has 2 N–H and O–H groups in total. The lowest BCUT2D eigenvalue weighted by Crippen LogP contribution is -2.38. The van der Waals surface area contributed by atoms with Gasteiger partial charge in [-0.25, -0.2) is 0 Å². The van der Waals surface area contributed by atoms with Crippen molar-refractivity contribution in [2.75, 3.05) is 18.0 Å². The van der Waals surface area contributed by atoms with E-state index in [-0.39, 0.29) is 0 Å². The van der Waals surface area contributed by atoms with Crippen LogP contribution in [0.4, 0.5) is 5.82 Å². The van der Waals surface area contributed by atoms with Gasteiger partial charge in [-0.05, 0) is 31.6 Å². The van der Waals surface area contributed by atoms with Gasteiger partial charge in [0.1, 0.15) is 0 Å². The van der Waals surface area contributed by atoms with Gasteiger partial charge in [-0.15, -0.1) is 5.10 Å². The van der Waals surface area contributed by atoms with Gasteiger partial charge in [0.25, 0.3) is 0 Å². The highest BCUT2D eigenvalue weighted by Gasteiger charge is 2.39. The minimum Gasteiger partial charge on any atom is -0.354 e. The second kappa shape index (κ2) is 4.95. The van der Waals surface area contributed by atoms with Crippen molar-refractivity contribution < 1.29 is 0 Å². The smallest absolute Gasteiger partial charge is 0.159 e. The fourth-order valence-corrected chi connectivity index (χ4v) is 4.15. The Morgan fingerprint density at radius 3 is 2.71 bits per heavy atom. The van der Waals surface area contributed by atoms with Crippen LogP contribution in [-0.4, -0.2) is 29.3 Å². The number of nitrogens with zero attached hydrogens (tertiary/aromatic N) is 3. The van der Waals surface area contributed by atoms with Gasteiger partial charge in [0.05, 0.1) is 5.69 Å². The highest BCUT2D eigenvalue weighted by atomic mass is 15.3. The standard InChI is InChI=1S/C17H22N4/c1-11-13-6-2-3-7-14(13)17(20-19-11)21-9-12-5-4-8-16(18)15(12)10-21/h2-3,6-7,12,15-16H,4-5,8-10,18H2,1H3. The van der Waals surface area contributed by atoms with E-state index in [9.17, 15) is 0 Å². The molecule has 3 unspecified atom stereocenters. The van der Waals surface area contributed by atoms with Crippen molar-refractivity contribution in [2.24, 2.45) is 17.6 Å². The third kappa shape index (κ3) is 2.09. The van der Waals surface area contributed by atoms with Gasteiger partial charge in [-0.1, -0.05) is 30.7 Å². The van der Waals surface area contributed by atoms with E-state index in [2.05, 4.69) is 39.4 Å². The molecule has 2 heterocycles. The third-order valence-corrected chi connectivity index (χ3v) is 5.31.